The van der Waals surface area contributed by atoms with Gasteiger partial charge in [-0.15, -0.1) is 0 Å². The highest BCUT2D eigenvalue weighted by molar-refractivity contribution is 6.26. The van der Waals surface area contributed by atoms with Crippen molar-refractivity contribution < 1.29 is 14.7 Å². The fourth-order valence-corrected chi connectivity index (χ4v) is 1.54. The smallest absolute Gasteiger partial charge is 0.174 e. The van der Waals surface area contributed by atoms with Crippen LogP contribution in [0.1, 0.15) is 27.6 Å². The van der Waals surface area contributed by atoms with E-state index in [4.69, 9.17) is 5.11 Å². The number of aromatic hydroxyl groups is 1. The van der Waals surface area contributed by atoms with Crippen molar-refractivity contribution in [3.63, 3.8) is 0 Å². The molecule has 1 aromatic rings. The molecule has 1 unspecified atom stereocenters. The Morgan fingerprint density at radius 3 is 2.46 bits per heavy atom. The number of benzene rings is 1. The number of phenolic OH excluding ortho intramolecular Hbond substituents is 1. The topological polar surface area (TPSA) is 54.4 Å². The van der Waals surface area contributed by atoms with E-state index in [1.807, 2.05) is 0 Å². The lowest BCUT2D eigenvalue weighted by Gasteiger charge is -1.95. The quantitative estimate of drug-likeness (QED) is 0.608. The normalized spacial score (nSPS) is 20.5. The van der Waals surface area contributed by atoms with Gasteiger partial charge in [-0.2, -0.15) is 0 Å². The summed E-state index contributed by atoms with van der Waals surface area (Å²) in [6, 6.07) is 4.26. The molecule has 0 spiro atoms. The highest BCUT2D eigenvalue weighted by Gasteiger charge is 2.34. The second kappa shape index (κ2) is 2.42. The van der Waals surface area contributed by atoms with Crippen molar-refractivity contribution in [2.24, 2.45) is 5.92 Å². The summed E-state index contributed by atoms with van der Waals surface area (Å²) in [5, 5.41) is 9.12. The highest BCUT2D eigenvalue weighted by Crippen LogP contribution is 2.28. The van der Waals surface area contributed by atoms with Crippen LogP contribution in [0, 0.1) is 5.92 Å². The maximum Gasteiger partial charge on any atom is 0.174 e. The van der Waals surface area contributed by atoms with Crippen LogP contribution < -0.4 is 0 Å². The number of phenols is 1. The number of rotatable bonds is 0. The second-order valence-electron chi connectivity index (χ2n) is 3.18. The summed E-state index contributed by atoms with van der Waals surface area (Å²) >= 11 is 0. The number of hydrogen-bond acceptors (Lipinski definition) is 3. The average molecular weight is 176 g/mol. The van der Waals surface area contributed by atoms with Crippen molar-refractivity contribution in [3.05, 3.63) is 29.3 Å². The third-order valence-electron chi connectivity index (χ3n) is 2.32. The summed E-state index contributed by atoms with van der Waals surface area (Å²) in [5.41, 5.74) is 0.771. The van der Waals surface area contributed by atoms with Gasteiger partial charge in [0.1, 0.15) is 5.75 Å². The Morgan fingerprint density at radius 1 is 1.15 bits per heavy atom. The van der Waals surface area contributed by atoms with Crippen LogP contribution in [0.15, 0.2) is 18.2 Å². The molecule has 1 aromatic carbocycles. The summed E-state index contributed by atoms with van der Waals surface area (Å²) in [7, 11) is 0. The zero-order valence-corrected chi connectivity index (χ0v) is 7.07. The molecule has 0 amide bonds. The molecule has 3 nitrogen and oxygen atoms in total. The summed E-state index contributed by atoms with van der Waals surface area (Å²) in [4.78, 5) is 22.8. The molecule has 1 aliphatic carbocycles. The molecule has 66 valence electrons. The number of ketones is 2. The van der Waals surface area contributed by atoms with Crippen LogP contribution in [-0.2, 0) is 0 Å². The molecule has 3 heteroatoms. The molecule has 13 heavy (non-hydrogen) atoms. The first-order valence-electron chi connectivity index (χ1n) is 4.02. The molecule has 0 fully saturated rings. The molecular weight excluding hydrogens is 168 g/mol. The van der Waals surface area contributed by atoms with Gasteiger partial charge in [-0.25, -0.2) is 0 Å². The number of Topliss-reactive ketones (excluding diaryl/α,β-unsaturated/α-hetero) is 2. The van der Waals surface area contributed by atoms with Gasteiger partial charge in [-0.1, -0.05) is 0 Å². The van der Waals surface area contributed by atoms with Crippen LogP contribution in [0.3, 0.4) is 0 Å². The van der Waals surface area contributed by atoms with Crippen molar-refractivity contribution in [1.82, 2.24) is 0 Å². The number of carbonyl (C=O) groups is 2. The minimum absolute atomic E-state index is 0.0222. The van der Waals surface area contributed by atoms with Crippen LogP contribution >= 0.6 is 0 Å². The largest absolute Gasteiger partial charge is 0.508 e. The van der Waals surface area contributed by atoms with E-state index in [1.54, 1.807) is 6.92 Å². The van der Waals surface area contributed by atoms with Gasteiger partial charge < -0.3 is 5.11 Å². The number of carbonyl (C=O) groups excluding carboxylic acids is 2. The Morgan fingerprint density at radius 2 is 1.77 bits per heavy atom. The van der Waals surface area contributed by atoms with E-state index in [0.29, 0.717) is 11.1 Å². The molecule has 0 radical (unpaired) electrons. The van der Waals surface area contributed by atoms with Crippen molar-refractivity contribution >= 4 is 11.6 Å². The van der Waals surface area contributed by atoms with E-state index >= 15 is 0 Å². The average Bonchev–Trinajstić information content (AvgIpc) is 2.32. The molecule has 0 saturated heterocycles. The molecule has 0 heterocycles. The monoisotopic (exact) mass is 176 g/mol. The fraction of sp³-hybridized carbons (Fsp3) is 0.200. The van der Waals surface area contributed by atoms with Crippen LogP contribution in [0.2, 0.25) is 0 Å². The SMILES string of the molecule is CC1C(=O)c2ccc(O)cc2C1=O. The van der Waals surface area contributed by atoms with Gasteiger partial charge in [0.15, 0.2) is 11.6 Å². The third-order valence-corrected chi connectivity index (χ3v) is 2.32. The summed E-state index contributed by atoms with van der Waals surface area (Å²) < 4.78 is 0. The Kier molecular flexibility index (Phi) is 1.49. The van der Waals surface area contributed by atoms with Crippen molar-refractivity contribution in [2.75, 3.05) is 0 Å². The zero-order valence-electron chi connectivity index (χ0n) is 7.07. The summed E-state index contributed by atoms with van der Waals surface area (Å²) in [6.07, 6.45) is 0. The van der Waals surface area contributed by atoms with Gasteiger partial charge in [0, 0.05) is 11.1 Å². The van der Waals surface area contributed by atoms with E-state index in [2.05, 4.69) is 0 Å². The molecule has 1 N–H and O–H groups in total. The van der Waals surface area contributed by atoms with Gasteiger partial charge in [-0.05, 0) is 25.1 Å². The minimum Gasteiger partial charge on any atom is -0.508 e. The first kappa shape index (κ1) is 7.98. The fourth-order valence-electron chi connectivity index (χ4n) is 1.54. The Bertz CT molecular complexity index is 407. The van der Waals surface area contributed by atoms with Crippen molar-refractivity contribution in [1.29, 1.82) is 0 Å². The second-order valence-corrected chi connectivity index (χ2v) is 3.18. The van der Waals surface area contributed by atoms with Crippen LogP contribution in [0.25, 0.3) is 0 Å². The minimum atomic E-state index is -0.586. The highest BCUT2D eigenvalue weighted by atomic mass is 16.3. The third kappa shape index (κ3) is 0.967. The number of hydrogen-bond donors (Lipinski definition) is 1. The van der Waals surface area contributed by atoms with Gasteiger partial charge in [0.05, 0.1) is 5.92 Å². The van der Waals surface area contributed by atoms with E-state index < -0.39 is 5.92 Å². The van der Waals surface area contributed by atoms with Gasteiger partial charge in [-0.3, -0.25) is 9.59 Å². The summed E-state index contributed by atoms with van der Waals surface area (Å²) in [5.74, 6) is -0.915. The lowest BCUT2D eigenvalue weighted by molar-refractivity contribution is 0.0852. The first-order chi connectivity index (χ1) is 6.11. The Labute approximate surface area is 75.0 Å². The summed E-state index contributed by atoms with van der Waals surface area (Å²) in [6.45, 7) is 1.59. The van der Waals surface area contributed by atoms with Crippen LogP contribution in [-0.4, -0.2) is 16.7 Å². The van der Waals surface area contributed by atoms with Crippen LogP contribution in [0.4, 0.5) is 0 Å². The van der Waals surface area contributed by atoms with Crippen molar-refractivity contribution in [3.8, 4) is 5.75 Å². The van der Waals surface area contributed by atoms with E-state index in [-0.39, 0.29) is 17.3 Å². The molecule has 0 aliphatic heterocycles. The molecule has 1 atom stereocenters. The Balaban J connectivity index is 2.67. The lowest BCUT2D eigenvalue weighted by Crippen LogP contribution is -2.09. The molecular formula is C10H8O3. The van der Waals surface area contributed by atoms with E-state index in [0.717, 1.165) is 0 Å². The van der Waals surface area contributed by atoms with Crippen molar-refractivity contribution in [2.45, 2.75) is 6.92 Å². The maximum absolute atomic E-state index is 11.4. The molecule has 0 saturated carbocycles. The van der Waals surface area contributed by atoms with E-state index in [9.17, 15) is 9.59 Å². The predicted molar refractivity (Wildman–Crippen MR) is 45.9 cm³/mol. The lowest BCUT2D eigenvalue weighted by atomic mass is 10.1. The molecule has 1 aliphatic rings. The number of fused-ring (bicyclic) bond motifs is 1. The predicted octanol–water partition coefficient (Wildman–Crippen LogP) is 1.41. The van der Waals surface area contributed by atoms with Crippen LogP contribution in [0.5, 0.6) is 5.75 Å². The molecule has 0 bridgehead atoms. The maximum atomic E-state index is 11.4. The van der Waals surface area contributed by atoms with Gasteiger partial charge in [0.25, 0.3) is 0 Å². The Hall–Kier alpha value is -1.64. The molecule has 2 rings (SSSR count). The van der Waals surface area contributed by atoms with E-state index in [1.165, 1.54) is 18.2 Å². The van der Waals surface area contributed by atoms with Gasteiger partial charge in [0.2, 0.25) is 0 Å². The molecule has 0 aromatic heterocycles. The standard InChI is InChI=1S/C10H8O3/c1-5-9(12)7-3-2-6(11)4-8(7)10(5)13/h2-5,11H,1H3. The first-order valence-corrected chi connectivity index (χ1v) is 4.02. The van der Waals surface area contributed by atoms with Gasteiger partial charge >= 0.3 is 0 Å². The zero-order chi connectivity index (χ0) is 9.59.